The van der Waals surface area contributed by atoms with Crippen LogP contribution in [0.5, 0.6) is 5.88 Å². The maximum atomic E-state index is 12.8. The lowest BCUT2D eigenvalue weighted by molar-refractivity contribution is 0.460. The number of aromatic nitrogens is 1. The summed E-state index contributed by atoms with van der Waals surface area (Å²) in [6.45, 7) is 0.669. The predicted octanol–water partition coefficient (Wildman–Crippen LogP) is 1.32. The SMILES string of the molecule is N[C@@H]1CCN(S(=O)(=O)c2cccc3c(O)ncc(Cl)c23)C1. The van der Waals surface area contributed by atoms with Crippen molar-refractivity contribution in [1.82, 2.24) is 9.29 Å². The van der Waals surface area contributed by atoms with Crippen molar-refractivity contribution in [1.29, 1.82) is 0 Å². The molecule has 1 atom stereocenters. The lowest BCUT2D eigenvalue weighted by Gasteiger charge is -2.18. The van der Waals surface area contributed by atoms with E-state index in [0.29, 0.717) is 18.4 Å². The Morgan fingerprint density at radius 1 is 1.43 bits per heavy atom. The van der Waals surface area contributed by atoms with Gasteiger partial charge in [-0.25, -0.2) is 13.4 Å². The van der Waals surface area contributed by atoms with Gasteiger partial charge in [0.15, 0.2) is 0 Å². The van der Waals surface area contributed by atoms with Crippen LogP contribution in [-0.2, 0) is 10.0 Å². The molecule has 0 bridgehead atoms. The quantitative estimate of drug-likeness (QED) is 0.867. The van der Waals surface area contributed by atoms with Crippen LogP contribution in [0.25, 0.3) is 10.8 Å². The highest BCUT2D eigenvalue weighted by atomic mass is 35.5. The van der Waals surface area contributed by atoms with E-state index in [9.17, 15) is 13.5 Å². The maximum Gasteiger partial charge on any atom is 0.243 e. The van der Waals surface area contributed by atoms with Crippen LogP contribution in [0.2, 0.25) is 5.02 Å². The van der Waals surface area contributed by atoms with Crippen LogP contribution in [-0.4, -0.2) is 41.9 Å². The van der Waals surface area contributed by atoms with E-state index in [4.69, 9.17) is 17.3 Å². The van der Waals surface area contributed by atoms with Gasteiger partial charge in [0.1, 0.15) is 0 Å². The summed E-state index contributed by atoms with van der Waals surface area (Å²) in [4.78, 5) is 3.80. The van der Waals surface area contributed by atoms with E-state index in [1.165, 1.54) is 16.6 Å². The third kappa shape index (κ3) is 2.36. The molecule has 112 valence electrons. The van der Waals surface area contributed by atoms with E-state index in [2.05, 4.69) is 4.98 Å². The average Bonchev–Trinajstić information content (AvgIpc) is 2.90. The molecule has 1 aliphatic heterocycles. The molecule has 21 heavy (non-hydrogen) atoms. The molecule has 0 saturated carbocycles. The van der Waals surface area contributed by atoms with Crippen molar-refractivity contribution in [2.24, 2.45) is 5.73 Å². The van der Waals surface area contributed by atoms with Crippen LogP contribution >= 0.6 is 11.6 Å². The number of pyridine rings is 1. The number of nitrogens with zero attached hydrogens (tertiary/aromatic N) is 2. The number of halogens is 1. The highest BCUT2D eigenvalue weighted by Crippen LogP contribution is 2.35. The van der Waals surface area contributed by atoms with Gasteiger partial charge < -0.3 is 10.8 Å². The van der Waals surface area contributed by atoms with E-state index in [1.54, 1.807) is 12.1 Å². The summed E-state index contributed by atoms with van der Waals surface area (Å²) < 4.78 is 26.9. The van der Waals surface area contributed by atoms with Gasteiger partial charge in [-0.3, -0.25) is 0 Å². The number of hydrogen-bond acceptors (Lipinski definition) is 5. The summed E-state index contributed by atoms with van der Waals surface area (Å²) in [5, 5.41) is 10.6. The third-order valence-electron chi connectivity index (χ3n) is 3.61. The molecule has 0 unspecified atom stereocenters. The Hall–Kier alpha value is -1.41. The van der Waals surface area contributed by atoms with E-state index < -0.39 is 10.0 Å². The minimum absolute atomic E-state index is 0.0665. The standard InChI is InChI=1S/C13H14ClN3O3S/c14-10-6-16-13(18)9-2-1-3-11(12(9)10)21(19,20)17-5-4-8(15)7-17/h1-3,6,8H,4-5,7,15H2,(H,16,18)/t8-/m1/s1. The zero-order chi connectivity index (χ0) is 15.2. The fourth-order valence-electron chi connectivity index (χ4n) is 2.54. The summed E-state index contributed by atoms with van der Waals surface area (Å²) in [5.74, 6) is -0.246. The Morgan fingerprint density at radius 3 is 2.86 bits per heavy atom. The normalized spacial score (nSPS) is 20.2. The minimum atomic E-state index is -3.71. The summed E-state index contributed by atoms with van der Waals surface area (Å²) in [7, 11) is -3.71. The fraction of sp³-hybridized carbons (Fsp3) is 0.308. The first-order valence-electron chi connectivity index (χ1n) is 6.43. The Balaban J connectivity index is 2.23. The van der Waals surface area contributed by atoms with Crippen LogP contribution in [0.1, 0.15) is 6.42 Å². The molecule has 1 aliphatic rings. The van der Waals surface area contributed by atoms with Gasteiger partial charge in [0.05, 0.1) is 16.1 Å². The molecule has 0 spiro atoms. The molecule has 1 saturated heterocycles. The number of rotatable bonds is 2. The maximum absolute atomic E-state index is 12.8. The van der Waals surface area contributed by atoms with E-state index in [1.807, 2.05) is 0 Å². The van der Waals surface area contributed by atoms with Crippen LogP contribution in [0.15, 0.2) is 29.3 Å². The van der Waals surface area contributed by atoms with Crippen molar-refractivity contribution in [3.05, 3.63) is 29.4 Å². The second-order valence-electron chi connectivity index (χ2n) is 5.02. The molecule has 3 rings (SSSR count). The first kappa shape index (κ1) is 14.5. The number of hydrogen-bond donors (Lipinski definition) is 2. The molecule has 0 aliphatic carbocycles. The van der Waals surface area contributed by atoms with Gasteiger partial charge in [0.25, 0.3) is 0 Å². The van der Waals surface area contributed by atoms with E-state index in [0.717, 1.165) is 0 Å². The Kier molecular flexibility index (Phi) is 3.53. The Bertz CT molecular complexity index is 810. The third-order valence-corrected chi connectivity index (χ3v) is 5.81. The van der Waals surface area contributed by atoms with Crippen molar-refractivity contribution in [3.63, 3.8) is 0 Å². The molecule has 3 N–H and O–H groups in total. The fourth-order valence-corrected chi connectivity index (χ4v) is 4.59. The molecule has 1 aromatic carbocycles. The monoisotopic (exact) mass is 327 g/mol. The predicted molar refractivity (Wildman–Crippen MR) is 79.8 cm³/mol. The van der Waals surface area contributed by atoms with Crippen LogP contribution in [0.3, 0.4) is 0 Å². The first-order valence-corrected chi connectivity index (χ1v) is 8.25. The molecule has 0 amide bonds. The molecule has 8 heteroatoms. The van der Waals surface area contributed by atoms with Gasteiger partial charge >= 0.3 is 0 Å². The molecular weight excluding hydrogens is 314 g/mol. The van der Waals surface area contributed by atoms with Crippen LogP contribution in [0, 0.1) is 0 Å². The van der Waals surface area contributed by atoms with Crippen LogP contribution in [0.4, 0.5) is 0 Å². The van der Waals surface area contributed by atoms with Crippen molar-refractivity contribution < 1.29 is 13.5 Å². The number of fused-ring (bicyclic) bond motifs is 1. The molecule has 2 aromatic rings. The van der Waals surface area contributed by atoms with Crippen molar-refractivity contribution in [2.75, 3.05) is 13.1 Å². The zero-order valence-electron chi connectivity index (χ0n) is 11.0. The minimum Gasteiger partial charge on any atom is -0.493 e. The summed E-state index contributed by atoms with van der Waals surface area (Å²) in [6, 6.07) is 4.47. The second-order valence-corrected chi connectivity index (χ2v) is 7.33. The first-order chi connectivity index (χ1) is 9.91. The molecule has 2 heterocycles. The molecule has 1 fully saturated rings. The van der Waals surface area contributed by atoms with Gasteiger partial charge in [-0.15, -0.1) is 0 Å². The number of sulfonamides is 1. The zero-order valence-corrected chi connectivity index (χ0v) is 12.6. The number of benzene rings is 1. The number of aromatic hydroxyl groups is 1. The van der Waals surface area contributed by atoms with Crippen molar-refractivity contribution in [3.8, 4) is 5.88 Å². The lowest BCUT2D eigenvalue weighted by atomic mass is 10.2. The second kappa shape index (κ2) is 5.10. The van der Waals surface area contributed by atoms with Crippen LogP contribution < -0.4 is 5.73 Å². The average molecular weight is 328 g/mol. The Morgan fingerprint density at radius 2 is 2.19 bits per heavy atom. The highest BCUT2D eigenvalue weighted by Gasteiger charge is 2.32. The molecule has 0 radical (unpaired) electrons. The van der Waals surface area contributed by atoms with Crippen molar-refractivity contribution >= 4 is 32.4 Å². The van der Waals surface area contributed by atoms with Gasteiger partial charge in [0.2, 0.25) is 15.9 Å². The van der Waals surface area contributed by atoms with Gasteiger partial charge in [-0.05, 0) is 18.6 Å². The molecule has 1 aromatic heterocycles. The topological polar surface area (TPSA) is 96.5 Å². The summed E-state index contributed by atoms with van der Waals surface area (Å²) in [5.41, 5.74) is 5.78. The van der Waals surface area contributed by atoms with E-state index >= 15 is 0 Å². The van der Waals surface area contributed by atoms with E-state index in [-0.39, 0.29) is 33.8 Å². The van der Waals surface area contributed by atoms with Gasteiger partial charge in [-0.1, -0.05) is 17.7 Å². The number of nitrogens with two attached hydrogens (primary N) is 1. The summed E-state index contributed by atoms with van der Waals surface area (Å²) >= 11 is 6.09. The smallest absolute Gasteiger partial charge is 0.243 e. The van der Waals surface area contributed by atoms with Gasteiger partial charge in [-0.2, -0.15) is 4.31 Å². The van der Waals surface area contributed by atoms with Crippen molar-refractivity contribution in [2.45, 2.75) is 17.4 Å². The largest absolute Gasteiger partial charge is 0.493 e. The summed E-state index contributed by atoms with van der Waals surface area (Å²) in [6.07, 6.45) is 1.87. The lowest BCUT2D eigenvalue weighted by Crippen LogP contribution is -2.32. The highest BCUT2D eigenvalue weighted by molar-refractivity contribution is 7.89. The molecular formula is C13H14ClN3O3S. The molecule has 6 nitrogen and oxygen atoms in total. The van der Waals surface area contributed by atoms with Gasteiger partial charge in [0, 0.05) is 29.9 Å². The Labute approximate surface area is 127 Å².